The zero-order valence-corrected chi connectivity index (χ0v) is 20.5. The number of piperidine rings is 1. The smallest absolute Gasteiger partial charge is 0.132 e. The first kappa shape index (κ1) is 26.7. The highest BCUT2D eigenvalue weighted by Gasteiger charge is 2.21. The van der Waals surface area contributed by atoms with Crippen LogP contribution in [0.4, 0.5) is 5.82 Å². The van der Waals surface area contributed by atoms with Gasteiger partial charge in [0.15, 0.2) is 0 Å². The fraction of sp³-hybridized carbons (Fsp3) is 0.261. The third-order valence-corrected chi connectivity index (χ3v) is 5.85. The lowest BCUT2D eigenvalue weighted by atomic mass is 9.90. The fourth-order valence-corrected chi connectivity index (χ4v) is 4.17. The van der Waals surface area contributed by atoms with E-state index in [0.29, 0.717) is 11.7 Å². The molecule has 0 aliphatic carbocycles. The highest BCUT2D eigenvalue weighted by atomic mass is 35.5. The molecule has 1 saturated heterocycles. The zero-order chi connectivity index (χ0) is 20.5. The molecule has 0 radical (unpaired) electrons. The lowest BCUT2D eigenvalue weighted by molar-refractivity contribution is 0.415. The number of rotatable bonds is 4. The Hall–Kier alpha value is -2.58. The Labute approximate surface area is 211 Å². The number of hydrogen-bond acceptors (Lipinski definition) is 6. The van der Waals surface area contributed by atoms with Crippen LogP contribution in [-0.2, 0) is 0 Å². The highest BCUT2D eigenvalue weighted by molar-refractivity contribution is 5.88. The van der Waals surface area contributed by atoms with Crippen molar-refractivity contribution in [3.8, 4) is 28.1 Å². The number of pyridine rings is 2. The molecule has 1 aliphatic rings. The highest BCUT2D eigenvalue weighted by Crippen LogP contribution is 2.35. The summed E-state index contributed by atoms with van der Waals surface area (Å²) in [4.78, 5) is 9.11. The van der Waals surface area contributed by atoms with Gasteiger partial charge in [0.05, 0.1) is 19.0 Å². The van der Waals surface area contributed by atoms with Gasteiger partial charge < -0.3 is 15.8 Å². The third kappa shape index (κ3) is 5.33. The third-order valence-electron chi connectivity index (χ3n) is 5.85. The van der Waals surface area contributed by atoms with Crippen LogP contribution in [0.3, 0.4) is 0 Å². The quantitative estimate of drug-likeness (QED) is 0.357. The summed E-state index contributed by atoms with van der Waals surface area (Å²) in [5.41, 5.74) is 11.1. The molecule has 4 aromatic rings. The van der Waals surface area contributed by atoms with Crippen LogP contribution in [0.2, 0.25) is 0 Å². The number of nitrogens with two attached hydrogens (primary N) is 1. The van der Waals surface area contributed by atoms with Gasteiger partial charge in [0.2, 0.25) is 0 Å². The minimum absolute atomic E-state index is 0. The fourth-order valence-electron chi connectivity index (χ4n) is 4.17. The van der Waals surface area contributed by atoms with E-state index in [-0.39, 0.29) is 37.2 Å². The lowest BCUT2D eigenvalue weighted by Gasteiger charge is -2.22. The van der Waals surface area contributed by atoms with Gasteiger partial charge in [-0.05, 0) is 61.6 Å². The van der Waals surface area contributed by atoms with Crippen molar-refractivity contribution in [2.75, 3.05) is 25.9 Å². The van der Waals surface area contributed by atoms with E-state index in [9.17, 15) is 0 Å². The summed E-state index contributed by atoms with van der Waals surface area (Å²) in [6.07, 6.45) is 7.75. The van der Waals surface area contributed by atoms with Gasteiger partial charge in [-0.25, -0.2) is 4.98 Å². The molecule has 0 bridgehead atoms. The van der Waals surface area contributed by atoms with Crippen LogP contribution in [0.1, 0.15) is 24.5 Å². The number of H-pyrrole nitrogens is 1. The first-order valence-corrected chi connectivity index (χ1v) is 10.2. The van der Waals surface area contributed by atoms with Gasteiger partial charge in [-0.15, -0.1) is 37.2 Å². The topological polar surface area (TPSA) is 102 Å². The molecule has 4 N–H and O–H groups in total. The maximum atomic E-state index is 6.25. The summed E-state index contributed by atoms with van der Waals surface area (Å²) in [6, 6.07) is 10.0. The first-order chi connectivity index (χ1) is 14.7. The molecule has 1 fully saturated rings. The Bertz CT molecular complexity index is 1210. The Morgan fingerprint density at radius 3 is 2.45 bits per heavy atom. The maximum Gasteiger partial charge on any atom is 0.132 e. The Morgan fingerprint density at radius 1 is 0.909 bits per heavy atom. The Morgan fingerprint density at radius 2 is 1.70 bits per heavy atom. The van der Waals surface area contributed by atoms with Crippen LogP contribution in [0, 0.1) is 0 Å². The number of nitrogens with one attached hydrogen (secondary N) is 2. The van der Waals surface area contributed by atoms with Gasteiger partial charge in [-0.3, -0.25) is 10.1 Å². The standard InChI is InChI=1S/C23H24N6O.3ClH/c1-30-18-3-2-15-11-26-21(10-16(15)8-18)19-9-17(12-27-23(19)24)20-13-28-29-22(20)14-4-6-25-7-5-14;;;/h2-3,8-14,25H,4-7H2,1H3,(H2,24,27)(H,28,29);3*1H. The Balaban J connectivity index is 0.00000128. The number of benzene rings is 1. The number of anilines is 1. The number of aromatic nitrogens is 4. The molecule has 0 amide bonds. The largest absolute Gasteiger partial charge is 0.497 e. The molecular weight excluding hydrogens is 483 g/mol. The van der Waals surface area contributed by atoms with Crippen LogP contribution < -0.4 is 15.8 Å². The second-order valence-corrected chi connectivity index (χ2v) is 7.66. The van der Waals surface area contributed by atoms with E-state index in [1.165, 1.54) is 5.69 Å². The van der Waals surface area contributed by atoms with Gasteiger partial charge in [-0.2, -0.15) is 5.10 Å². The molecule has 0 spiro atoms. The molecule has 7 nitrogen and oxygen atoms in total. The van der Waals surface area contributed by atoms with E-state index in [2.05, 4.69) is 31.5 Å². The van der Waals surface area contributed by atoms with Gasteiger partial charge in [0, 0.05) is 46.1 Å². The maximum absolute atomic E-state index is 6.25. The van der Waals surface area contributed by atoms with E-state index < -0.39 is 0 Å². The minimum atomic E-state index is 0. The number of ether oxygens (including phenoxy) is 1. The van der Waals surface area contributed by atoms with Crippen molar-refractivity contribution < 1.29 is 4.74 Å². The molecular formula is C23H27Cl3N6O. The molecule has 3 aromatic heterocycles. The monoisotopic (exact) mass is 508 g/mol. The minimum Gasteiger partial charge on any atom is -0.497 e. The molecule has 1 aromatic carbocycles. The van der Waals surface area contributed by atoms with Crippen molar-refractivity contribution in [3.63, 3.8) is 0 Å². The van der Waals surface area contributed by atoms with Gasteiger partial charge >= 0.3 is 0 Å². The number of fused-ring (bicyclic) bond motifs is 1. The number of halogens is 3. The summed E-state index contributed by atoms with van der Waals surface area (Å²) in [7, 11) is 1.67. The summed E-state index contributed by atoms with van der Waals surface area (Å²) >= 11 is 0. The van der Waals surface area contributed by atoms with Gasteiger partial charge in [-0.1, -0.05) is 0 Å². The number of nitrogens with zero attached hydrogens (tertiary/aromatic N) is 3. The van der Waals surface area contributed by atoms with E-state index in [4.69, 9.17) is 10.5 Å². The van der Waals surface area contributed by atoms with Crippen molar-refractivity contribution in [3.05, 3.63) is 54.6 Å². The Kier molecular flexibility index (Phi) is 9.31. The number of nitrogen functional groups attached to an aromatic ring is 1. The lowest BCUT2D eigenvalue weighted by Crippen LogP contribution is -2.27. The van der Waals surface area contributed by atoms with Crippen LogP contribution in [0.15, 0.2) is 48.9 Å². The van der Waals surface area contributed by atoms with Crippen molar-refractivity contribution in [1.29, 1.82) is 0 Å². The summed E-state index contributed by atoms with van der Waals surface area (Å²) in [5.74, 6) is 1.74. The molecule has 176 valence electrons. The average molecular weight is 510 g/mol. The van der Waals surface area contributed by atoms with Crippen LogP contribution in [0.25, 0.3) is 33.2 Å². The van der Waals surface area contributed by atoms with Gasteiger partial charge in [0.25, 0.3) is 0 Å². The van der Waals surface area contributed by atoms with Crippen molar-refractivity contribution in [2.45, 2.75) is 18.8 Å². The van der Waals surface area contributed by atoms with E-state index >= 15 is 0 Å². The van der Waals surface area contributed by atoms with Gasteiger partial charge in [0.1, 0.15) is 11.6 Å². The van der Waals surface area contributed by atoms with Crippen LogP contribution >= 0.6 is 37.2 Å². The summed E-state index contributed by atoms with van der Waals surface area (Å²) < 4.78 is 5.36. The molecule has 1 aliphatic heterocycles. The summed E-state index contributed by atoms with van der Waals surface area (Å²) in [5, 5.41) is 13.1. The van der Waals surface area contributed by atoms with Crippen molar-refractivity contribution >= 4 is 53.8 Å². The molecule has 10 heteroatoms. The van der Waals surface area contributed by atoms with Crippen molar-refractivity contribution in [2.24, 2.45) is 0 Å². The van der Waals surface area contributed by atoms with Crippen LogP contribution in [-0.4, -0.2) is 40.4 Å². The molecule has 33 heavy (non-hydrogen) atoms. The second-order valence-electron chi connectivity index (χ2n) is 7.66. The molecule has 4 heterocycles. The number of hydrogen-bond donors (Lipinski definition) is 3. The van der Waals surface area contributed by atoms with Crippen molar-refractivity contribution in [1.82, 2.24) is 25.5 Å². The second kappa shape index (κ2) is 11.5. The average Bonchev–Trinajstić information content (AvgIpc) is 3.29. The normalized spacial score (nSPS) is 13.5. The molecule has 5 rings (SSSR count). The van der Waals surface area contributed by atoms with E-state index in [1.54, 1.807) is 7.11 Å². The van der Waals surface area contributed by atoms with E-state index in [0.717, 1.165) is 64.8 Å². The molecule has 0 unspecified atom stereocenters. The zero-order valence-electron chi connectivity index (χ0n) is 18.1. The van der Waals surface area contributed by atoms with Crippen LogP contribution in [0.5, 0.6) is 5.75 Å². The molecule has 0 saturated carbocycles. The molecule has 0 atom stereocenters. The SMILES string of the molecule is COc1ccc2cnc(-c3cc(-c4cn[nH]c4C4CCNCC4)cnc3N)cc2c1.Cl.Cl.Cl. The number of aromatic amines is 1. The predicted octanol–water partition coefficient (Wildman–Crippen LogP) is 5.01. The first-order valence-electron chi connectivity index (χ1n) is 10.2. The number of methoxy groups -OCH3 is 1. The predicted molar refractivity (Wildman–Crippen MR) is 140 cm³/mol. The summed E-state index contributed by atoms with van der Waals surface area (Å²) in [6.45, 7) is 2.05. The van der Waals surface area contributed by atoms with E-state index in [1.807, 2.05) is 42.9 Å².